The SMILES string of the molecule is C[CH]c1nccn1C. The number of aromatic nitrogens is 2. The topological polar surface area (TPSA) is 17.8 Å². The number of rotatable bonds is 1. The average Bonchev–Trinajstić information content (AvgIpc) is 2.14. The van der Waals surface area contributed by atoms with Gasteiger partial charge in [0, 0.05) is 25.9 Å². The summed E-state index contributed by atoms with van der Waals surface area (Å²) in [5.74, 6) is 1.02. The molecule has 0 spiro atoms. The van der Waals surface area contributed by atoms with E-state index >= 15 is 0 Å². The predicted octanol–water partition coefficient (Wildman–Crippen LogP) is 0.992. The summed E-state index contributed by atoms with van der Waals surface area (Å²) in [6.45, 7) is 1.97. The summed E-state index contributed by atoms with van der Waals surface area (Å²) in [7, 11) is 1.97. The maximum absolute atomic E-state index is 4.04. The molecule has 43 valence electrons. The third-order valence-electron chi connectivity index (χ3n) is 1.12. The van der Waals surface area contributed by atoms with Crippen LogP contribution in [0.5, 0.6) is 0 Å². The zero-order chi connectivity index (χ0) is 5.98. The van der Waals surface area contributed by atoms with E-state index in [4.69, 9.17) is 0 Å². The molecule has 0 amide bonds. The van der Waals surface area contributed by atoms with E-state index in [9.17, 15) is 0 Å². The zero-order valence-electron chi connectivity index (χ0n) is 5.13. The molecular formula is C6H9N2. The minimum atomic E-state index is 1.02. The van der Waals surface area contributed by atoms with E-state index in [-0.39, 0.29) is 0 Å². The molecule has 1 aromatic rings. The van der Waals surface area contributed by atoms with Crippen LogP contribution in [0.3, 0.4) is 0 Å². The number of hydrogen-bond donors (Lipinski definition) is 0. The normalized spacial score (nSPS) is 9.75. The van der Waals surface area contributed by atoms with Crippen LogP contribution in [0, 0.1) is 6.42 Å². The first-order valence-electron chi connectivity index (χ1n) is 2.61. The molecule has 1 rings (SSSR count). The summed E-state index contributed by atoms with van der Waals surface area (Å²) in [5.41, 5.74) is 0. The van der Waals surface area contributed by atoms with E-state index in [0.717, 1.165) is 5.82 Å². The van der Waals surface area contributed by atoms with Crippen LogP contribution in [-0.4, -0.2) is 9.55 Å². The van der Waals surface area contributed by atoms with Crippen LogP contribution in [0.15, 0.2) is 12.4 Å². The second kappa shape index (κ2) is 1.99. The Morgan fingerprint density at radius 3 is 2.75 bits per heavy atom. The molecule has 0 atom stereocenters. The predicted molar refractivity (Wildman–Crippen MR) is 32.3 cm³/mol. The van der Waals surface area contributed by atoms with E-state index in [2.05, 4.69) is 4.98 Å². The molecule has 0 aliphatic carbocycles. The molecule has 0 saturated heterocycles. The minimum absolute atomic E-state index is 1.02. The van der Waals surface area contributed by atoms with E-state index in [1.54, 1.807) is 6.20 Å². The van der Waals surface area contributed by atoms with Gasteiger partial charge in [-0.25, -0.2) is 4.98 Å². The lowest BCUT2D eigenvalue weighted by molar-refractivity contribution is 0.866. The van der Waals surface area contributed by atoms with Crippen molar-refractivity contribution in [1.82, 2.24) is 9.55 Å². The molecule has 2 nitrogen and oxygen atoms in total. The molecule has 0 unspecified atom stereocenters. The summed E-state index contributed by atoms with van der Waals surface area (Å²) in [6, 6.07) is 0. The number of imidazole rings is 1. The van der Waals surface area contributed by atoms with Gasteiger partial charge in [-0.15, -0.1) is 0 Å². The molecule has 1 aromatic heterocycles. The van der Waals surface area contributed by atoms with Gasteiger partial charge in [0.25, 0.3) is 0 Å². The molecule has 1 radical (unpaired) electrons. The minimum Gasteiger partial charge on any atom is -0.338 e. The average molecular weight is 109 g/mol. The van der Waals surface area contributed by atoms with Crippen LogP contribution in [0.2, 0.25) is 0 Å². The van der Waals surface area contributed by atoms with E-state index < -0.39 is 0 Å². The summed E-state index contributed by atoms with van der Waals surface area (Å²) in [5, 5.41) is 0. The van der Waals surface area contributed by atoms with Gasteiger partial charge >= 0.3 is 0 Å². The largest absolute Gasteiger partial charge is 0.338 e. The van der Waals surface area contributed by atoms with Crippen LogP contribution in [-0.2, 0) is 7.05 Å². The molecule has 0 saturated carbocycles. The fraction of sp³-hybridized carbons (Fsp3) is 0.333. The monoisotopic (exact) mass is 109 g/mol. The summed E-state index contributed by atoms with van der Waals surface area (Å²) < 4.78 is 1.97. The second-order valence-electron chi connectivity index (χ2n) is 1.69. The van der Waals surface area contributed by atoms with Gasteiger partial charge in [0.1, 0.15) is 5.82 Å². The maximum atomic E-state index is 4.04. The van der Waals surface area contributed by atoms with E-state index in [1.807, 2.05) is 31.2 Å². The van der Waals surface area contributed by atoms with Crippen molar-refractivity contribution >= 4 is 0 Å². The van der Waals surface area contributed by atoms with Crippen LogP contribution in [0.25, 0.3) is 0 Å². The van der Waals surface area contributed by atoms with Crippen molar-refractivity contribution in [2.75, 3.05) is 0 Å². The lowest BCUT2D eigenvalue weighted by Crippen LogP contribution is -1.91. The van der Waals surface area contributed by atoms with Gasteiger partial charge in [-0.05, 0) is 0 Å². The van der Waals surface area contributed by atoms with Crippen LogP contribution >= 0.6 is 0 Å². The quantitative estimate of drug-likeness (QED) is 0.526. The smallest absolute Gasteiger partial charge is 0.111 e. The van der Waals surface area contributed by atoms with Gasteiger partial charge in [0.05, 0.1) is 0 Å². The highest BCUT2D eigenvalue weighted by Gasteiger charge is 1.90. The van der Waals surface area contributed by atoms with Gasteiger partial charge in [-0.2, -0.15) is 0 Å². The third kappa shape index (κ3) is 0.735. The number of hydrogen-bond acceptors (Lipinski definition) is 1. The van der Waals surface area contributed by atoms with Crippen molar-refractivity contribution in [3.05, 3.63) is 24.6 Å². The number of aryl methyl sites for hydroxylation is 1. The molecular weight excluding hydrogens is 100 g/mol. The summed E-state index contributed by atoms with van der Waals surface area (Å²) in [6.07, 6.45) is 5.69. The zero-order valence-corrected chi connectivity index (χ0v) is 5.13. The van der Waals surface area contributed by atoms with Crippen molar-refractivity contribution in [3.8, 4) is 0 Å². The molecule has 0 aliphatic rings. The van der Waals surface area contributed by atoms with Crippen LogP contribution in [0.4, 0.5) is 0 Å². The molecule has 0 bridgehead atoms. The maximum Gasteiger partial charge on any atom is 0.111 e. The fourth-order valence-electron chi connectivity index (χ4n) is 0.655. The van der Waals surface area contributed by atoms with Crippen molar-refractivity contribution in [1.29, 1.82) is 0 Å². The van der Waals surface area contributed by atoms with Crippen LogP contribution in [0.1, 0.15) is 12.7 Å². The van der Waals surface area contributed by atoms with Crippen LogP contribution < -0.4 is 0 Å². The third-order valence-corrected chi connectivity index (χ3v) is 1.12. The Balaban J connectivity index is 2.92. The molecule has 0 aliphatic heterocycles. The summed E-state index contributed by atoms with van der Waals surface area (Å²) in [4.78, 5) is 4.04. The molecule has 0 fully saturated rings. The lowest BCUT2D eigenvalue weighted by Gasteiger charge is -1.92. The van der Waals surface area contributed by atoms with E-state index in [0.29, 0.717) is 0 Å². The van der Waals surface area contributed by atoms with E-state index in [1.165, 1.54) is 0 Å². The highest BCUT2D eigenvalue weighted by atomic mass is 15.0. The highest BCUT2D eigenvalue weighted by Crippen LogP contribution is 1.94. The lowest BCUT2D eigenvalue weighted by atomic mass is 10.5. The Morgan fingerprint density at radius 2 is 2.50 bits per heavy atom. The Bertz CT molecular complexity index is 167. The molecule has 0 aromatic carbocycles. The fourth-order valence-corrected chi connectivity index (χ4v) is 0.655. The molecule has 0 N–H and O–H groups in total. The van der Waals surface area contributed by atoms with Gasteiger partial charge in [-0.3, -0.25) is 0 Å². The first kappa shape index (κ1) is 5.35. The Labute approximate surface area is 49.2 Å². The van der Waals surface area contributed by atoms with Crippen molar-refractivity contribution < 1.29 is 0 Å². The Kier molecular flexibility index (Phi) is 1.33. The van der Waals surface area contributed by atoms with Gasteiger partial charge in [-0.1, -0.05) is 6.92 Å². The molecule has 2 heteroatoms. The first-order chi connectivity index (χ1) is 3.84. The molecule has 8 heavy (non-hydrogen) atoms. The van der Waals surface area contributed by atoms with Crippen molar-refractivity contribution in [2.24, 2.45) is 7.05 Å². The van der Waals surface area contributed by atoms with Gasteiger partial charge in [0.2, 0.25) is 0 Å². The summed E-state index contributed by atoms with van der Waals surface area (Å²) >= 11 is 0. The Morgan fingerprint density at radius 1 is 1.75 bits per heavy atom. The van der Waals surface area contributed by atoms with Gasteiger partial charge < -0.3 is 4.57 Å². The number of nitrogens with zero attached hydrogens (tertiary/aromatic N) is 2. The first-order valence-corrected chi connectivity index (χ1v) is 2.61. The van der Waals surface area contributed by atoms with Gasteiger partial charge in [0.15, 0.2) is 0 Å². The second-order valence-corrected chi connectivity index (χ2v) is 1.69. The highest BCUT2D eigenvalue weighted by molar-refractivity contribution is 5.00. The Hall–Kier alpha value is -0.790. The standard InChI is InChI=1S/C6H9N2/c1-3-6-7-4-5-8(6)2/h3-5H,1-2H3. The van der Waals surface area contributed by atoms with Crippen molar-refractivity contribution in [2.45, 2.75) is 6.92 Å². The molecule has 1 heterocycles. The van der Waals surface area contributed by atoms with Crippen molar-refractivity contribution in [3.63, 3.8) is 0 Å².